The summed E-state index contributed by atoms with van der Waals surface area (Å²) in [6.45, 7) is -0.721. The topological polar surface area (TPSA) is 163 Å². The van der Waals surface area contributed by atoms with Gasteiger partial charge in [-0.3, -0.25) is 4.79 Å². The van der Waals surface area contributed by atoms with Gasteiger partial charge in [-0.05, 0) is 29.3 Å². The molecule has 1 aliphatic rings. The molecule has 4 N–H and O–H groups in total. The molecule has 12 nitrogen and oxygen atoms in total. The Bertz CT molecular complexity index is 1590. The molecular weight excluding hydrogens is 595 g/mol. The number of aromatic nitrogens is 2. The van der Waals surface area contributed by atoms with Crippen LogP contribution in [0, 0.1) is 0 Å². The van der Waals surface area contributed by atoms with Crippen molar-refractivity contribution in [2.45, 2.75) is 30.8 Å². The predicted molar refractivity (Wildman–Crippen MR) is 149 cm³/mol. The predicted octanol–water partition coefficient (Wildman–Crippen LogP) is 2.27. The summed E-state index contributed by atoms with van der Waals surface area (Å²) in [5, 5.41) is 23.6. The number of halogens is 3. The number of methoxy groups -OCH3 is 1. The van der Waals surface area contributed by atoms with Crippen LogP contribution in [0.2, 0.25) is 0 Å². The molecule has 1 aromatic heterocycles. The summed E-state index contributed by atoms with van der Waals surface area (Å²) in [4.78, 5) is 20.2. The van der Waals surface area contributed by atoms with Gasteiger partial charge in [-0.1, -0.05) is 24.3 Å². The fraction of sp³-hybridized carbons (Fsp3) is 0.370. The molecule has 16 heteroatoms. The van der Waals surface area contributed by atoms with Crippen molar-refractivity contribution in [3.05, 3.63) is 70.9 Å². The van der Waals surface area contributed by atoms with Crippen LogP contribution < -0.4 is 20.1 Å². The van der Waals surface area contributed by atoms with E-state index in [9.17, 15) is 31.5 Å². The number of hydrogen-bond donors (Lipinski definition) is 4. The van der Waals surface area contributed by atoms with E-state index < -0.39 is 58.4 Å². The lowest BCUT2D eigenvalue weighted by molar-refractivity contribution is -0.140. The minimum Gasteiger partial charge on any atom is -0.495 e. The highest BCUT2D eigenvalue weighted by Crippen LogP contribution is 2.42. The van der Waals surface area contributed by atoms with Gasteiger partial charge in [0.1, 0.15) is 17.4 Å². The zero-order chi connectivity index (χ0) is 31.5. The number of nitrogens with one attached hydrogen (secondary N) is 2. The molecule has 1 amide bonds. The quantitative estimate of drug-likeness (QED) is 0.249. The standard InChI is InChI=1S/C27H30F3N5O7S/c1-35(43(3,39)40)23-18-7-5-4-6-15(18)10-22(23)42-25-19(27(28,29)30)13-32-26(34-25)33-20-9-8-16(11-21(20)41-2)24(38)31-12-17(37)14-36/h4-9,11,13,17,22-23,36-37H,10,12,14H2,1-3H3,(H,31,38)(H,32,33,34)/t17-,22-,23-/m1/s1. The molecule has 0 radical (unpaired) electrons. The molecule has 3 aromatic rings. The van der Waals surface area contributed by atoms with Crippen LogP contribution in [0.3, 0.4) is 0 Å². The summed E-state index contributed by atoms with van der Waals surface area (Å²) in [5.41, 5.74) is 0.448. The van der Waals surface area contributed by atoms with E-state index in [1.807, 2.05) is 0 Å². The van der Waals surface area contributed by atoms with Crippen molar-refractivity contribution in [1.29, 1.82) is 0 Å². The number of rotatable bonds is 11. The number of ether oxygens (including phenoxy) is 2. The first-order valence-electron chi connectivity index (χ1n) is 12.9. The van der Waals surface area contributed by atoms with E-state index in [1.54, 1.807) is 24.3 Å². The first-order valence-corrected chi connectivity index (χ1v) is 14.7. The second kappa shape index (κ2) is 12.7. The molecule has 0 aliphatic heterocycles. The number of alkyl halides is 3. The highest BCUT2D eigenvalue weighted by Gasteiger charge is 2.43. The van der Waals surface area contributed by atoms with E-state index in [-0.39, 0.29) is 35.9 Å². The summed E-state index contributed by atoms with van der Waals surface area (Å²) in [5.74, 6) is -1.52. The lowest BCUT2D eigenvalue weighted by Crippen LogP contribution is -2.38. The van der Waals surface area contributed by atoms with Gasteiger partial charge in [0.2, 0.25) is 21.9 Å². The third kappa shape index (κ3) is 7.33. The van der Waals surface area contributed by atoms with Gasteiger partial charge in [-0.15, -0.1) is 0 Å². The maximum Gasteiger partial charge on any atom is 0.423 e. The number of hydrogen-bond acceptors (Lipinski definition) is 10. The number of aliphatic hydroxyl groups excluding tert-OH is 2. The van der Waals surface area contributed by atoms with Gasteiger partial charge in [0, 0.05) is 31.8 Å². The zero-order valence-electron chi connectivity index (χ0n) is 23.3. The highest BCUT2D eigenvalue weighted by atomic mass is 32.2. The largest absolute Gasteiger partial charge is 0.495 e. The van der Waals surface area contributed by atoms with Gasteiger partial charge in [-0.2, -0.15) is 22.5 Å². The lowest BCUT2D eigenvalue weighted by Gasteiger charge is -2.29. The first-order chi connectivity index (χ1) is 20.2. The van der Waals surface area contributed by atoms with Crippen LogP contribution >= 0.6 is 0 Å². The van der Waals surface area contributed by atoms with Gasteiger partial charge in [-0.25, -0.2) is 13.4 Å². The third-order valence-corrected chi connectivity index (χ3v) is 8.08. The van der Waals surface area contributed by atoms with E-state index in [0.29, 0.717) is 11.8 Å². The summed E-state index contributed by atoms with van der Waals surface area (Å²) in [7, 11) is -1.10. The van der Waals surface area contributed by atoms with Crippen LogP contribution in [0.5, 0.6) is 11.6 Å². The summed E-state index contributed by atoms with van der Waals surface area (Å²) in [6, 6.07) is 10.2. The average Bonchev–Trinajstić information content (AvgIpc) is 3.31. The average molecular weight is 626 g/mol. The normalized spacial score (nSPS) is 17.3. The highest BCUT2D eigenvalue weighted by molar-refractivity contribution is 7.88. The Labute approximate surface area is 245 Å². The van der Waals surface area contributed by atoms with Crippen molar-refractivity contribution in [2.24, 2.45) is 0 Å². The molecule has 1 aliphatic carbocycles. The van der Waals surface area contributed by atoms with E-state index >= 15 is 0 Å². The van der Waals surface area contributed by atoms with Crippen LogP contribution in [0.15, 0.2) is 48.7 Å². The van der Waals surface area contributed by atoms with Crippen LogP contribution in [0.25, 0.3) is 0 Å². The maximum atomic E-state index is 14.0. The fourth-order valence-corrected chi connectivity index (χ4v) is 5.23. The third-order valence-electron chi connectivity index (χ3n) is 6.80. The van der Waals surface area contributed by atoms with Gasteiger partial charge in [0.15, 0.2) is 0 Å². The fourth-order valence-electron chi connectivity index (χ4n) is 4.57. The number of fused-ring (bicyclic) bond motifs is 1. The Hall–Kier alpha value is -3.99. The molecule has 0 saturated carbocycles. The number of carbonyl (C=O) groups excluding carboxylic acids is 1. The van der Waals surface area contributed by atoms with Crippen LogP contribution in [0.1, 0.15) is 33.1 Å². The minimum atomic E-state index is -4.88. The molecule has 0 bridgehead atoms. The van der Waals surface area contributed by atoms with Gasteiger partial charge < -0.3 is 30.3 Å². The molecule has 43 heavy (non-hydrogen) atoms. The maximum absolute atomic E-state index is 14.0. The van der Waals surface area contributed by atoms with Gasteiger partial charge in [0.25, 0.3) is 5.91 Å². The molecule has 0 saturated heterocycles. The van der Waals surface area contributed by atoms with Crippen molar-refractivity contribution in [3.63, 3.8) is 0 Å². The number of aliphatic hydroxyl groups is 2. The number of carbonyl (C=O) groups is 1. The van der Waals surface area contributed by atoms with Crippen LogP contribution in [-0.4, -0.2) is 84.6 Å². The van der Waals surface area contributed by atoms with Crippen molar-refractivity contribution >= 4 is 27.6 Å². The van der Waals surface area contributed by atoms with Crippen LogP contribution in [-0.2, 0) is 22.6 Å². The smallest absolute Gasteiger partial charge is 0.423 e. The Morgan fingerprint density at radius 1 is 1.23 bits per heavy atom. The van der Waals surface area contributed by atoms with E-state index in [1.165, 1.54) is 32.4 Å². The molecule has 3 atom stereocenters. The molecule has 4 rings (SSSR count). The monoisotopic (exact) mass is 625 g/mol. The molecule has 0 spiro atoms. The Kier molecular flexibility index (Phi) is 9.44. The minimum absolute atomic E-state index is 0.127. The van der Waals surface area contributed by atoms with Gasteiger partial charge >= 0.3 is 6.18 Å². The van der Waals surface area contributed by atoms with E-state index in [2.05, 4.69) is 20.6 Å². The van der Waals surface area contributed by atoms with E-state index in [4.69, 9.17) is 14.6 Å². The molecule has 0 fully saturated rings. The summed E-state index contributed by atoms with van der Waals surface area (Å²) < 4.78 is 79.0. The molecule has 2 aromatic carbocycles. The number of amides is 1. The second-order valence-corrected chi connectivity index (χ2v) is 11.8. The lowest BCUT2D eigenvalue weighted by atomic mass is 10.1. The summed E-state index contributed by atoms with van der Waals surface area (Å²) >= 11 is 0. The Morgan fingerprint density at radius 2 is 1.95 bits per heavy atom. The number of anilines is 2. The Balaban J connectivity index is 1.64. The SMILES string of the molecule is COc1cc(C(=O)NC[C@@H](O)CO)ccc1Nc1ncc(C(F)(F)F)c(O[C@@H]2Cc3ccccc3[C@H]2N(C)S(C)(=O)=O)n1. The number of sulfonamides is 1. The first kappa shape index (κ1) is 31.9. The Morgan fingerprint density at radius 3 is 2.60 bits per heavy atom. The zero-order valence-corrected chi connectivity index (χ0v) is 24.1. The number of nitrogens with zero attached hydrogens (tertiary/aromatic N) is 3. The number of benzene rings is 2. The molecule has 232 valence electrons. The van der Waals surface area contributed by atoms with Crippen molar-refractivity contribution in [3.8, 4) is 11.6 Å². The van der Waals surface area contributed by atoms with Crippen molar-refractivity contribution in [2.75, 3.05) is 38.9 Å². The van der Waals surface area contributed by atoms with E-state index in [0.717, 1.165) is 16.1 Å². The van der Waals surface area contributed by atoms with Crippen LogP contribution in [0.4, 0.5) is 24.8 Å². The van der Waals surface area contributed by atoms with Crippen molar-refractivity contribution < 1.29 is 46.1 Å². The molecule has 1 heterocycles. The second-order valence-electron chi connectivity index (χ2n) is 9.78. The van der Waals surface area contributed by atoms with Gasteiger partial charge in [0.05, 0.1) is 37.8 Å². The van der Waals surface area contributed by atoms with Crippen molar-refractivity contribution in [1.82, 2.24) is 19.6 Å². The number of likely N-dealkylation sites (N-methyl/N-ethyl adjacent to an activating group) is 1. The summed E-state index contributed by atoms with van der Waals surface area (Å²) in [6.07, 6.45) is -5.36. The molecular formula is C27H30F3N5O7S. The molecule has 0 unspecified atom stereocenters.